The second-order valence-electron chi connectivity index (χ2n) is 22.2. The quantitative estimate of drug-likeness (QED) is 0.0247. The van der Waals surface area contributed by atoms with Crippen molar-refractivity contribution in [1.29, 1.82) is 0 Å². The Bertz CT molecular complexity index is 2150. The van der Waals surface area contributed by atoms with Crippen molar-refractivity contribution in [3.8, 4) is 0 Å². The summed E-state index contributed by atoms with van der Waals surface area (Å²) in [5, 5.41) is 17.0. The summed E-state index contributed by atoms with van der Waals surface area (Å²) in [6.07, 6.45) is 2.54. The number of carbonyl (C=O) groups excluding carboxylic acids is 14. The van der Waals surface area contributed by atoms with E-state index in [1.54, 1.807) is 11.8 Å². The van der Waals surface area contributed by atoms with Crippen molar-refractivity contribution < 1.29 is 86.1 Å². The van der Waals surface area contributed by atoms with E-state index in [9.17, 15) is 67.1 Å². The molecule has 0 aliphatic carbocycles. The van der Waals surface area contributed by atoms with Gasteiger partial charge in [0.05, 0.1) is 52.1 Å². The molecular formula is C57H93N13O18S. The molecule has 0 radical (unpaired) electrons. The van der Waals surface area contributed by atoms with Crippen molar-refractivity contribution >= 4 is 94.7 Å². The molecule has 4 rings (SSSR count). The van der Waals surface area contributed by atoms with Crippen LogP contribution in [-0.4, -0.2) is 308 Å². The number of carbonyl (C=O) groups is 14. The monoisotopic (exact) mass is 1280 g/mol. The smallest absolute Gasteiger partial charge is 0.310 e. The molecule has 0 saturated carbocycles. The van der Waals surface area contributed by atoms with Crippen LogP contribution in [0, 0.1) is 23.7 Å². The van der Waals surface area contributed by atoms with Crippen molar-refractivity contribution in [1.82, 2.24) is 66.2 Å². The molecule has 500 valence electrons. The maximum atomic E-state index is 13.2. The normalized spacial score (nSPS) is 18.2. The summed E-state index contributed by atoms with van der Waals surface area (Å²) in [5.74, 6) is -5.88. The van der Waals surface area contributed by atoms with Crippen LogP contribution in [0.1, 0.15) is 64.2 Å². The van der Waals surface area contributed by atoms with Crippen molar-refractivity contribution in [2.24, 2.45) is 23.7 Å². The molecule has 89 heavy (non-hydrogen) atoms. The molecule has 0 aromatic heterocycles. The number of thioether (sulfide) groups is 1. The zero-order chi connectivity index (χ0) is 65.3. The molecule has 4 saturated heterocycles. The Balaban J connectivity index is 1.23. The van der Waals surface area contributed by atoms with Crippen molar-refractivity contribution in [3.63, 3.8) is 0 Å². The second kappa shape index (κ2) is 40.4. The number of rotatable bonds is 43. The zero-order valence-electron chi connectivity index (χ0n) is 52.2. The van der Waals surface area contributed by atoms with E-state index in [0.29, 0.717) is 32.7 Å². The summed E-state index contributed by atoms with van der Waals surface area (Å²) in [7, 11) is 5.05. The van der Waals surface area contributed by atoms with E-state index in [2.05, 4.69) is 31.9 Å². The molecule has 4 fully saturated rings. The van der Waals surface area contributed by atoms with Gasteiger partial charge in [-0.05, 0) is 6.26 Å². The topological polar surface area (TPSA) is 371 Å². The maximum absolute atomic E-state index is 13.2. The van der Waals surface area contributed by atoms with E-state index in [0.717, 1.165) is 5.75 Å². The van der Waals surface area contributed by atoms with Gasteiger partial charge in [-0.2, -0.15) is 11.8 Å². The first-order valence-corrected chi connectivity index (χ1v) is 31.7. The standard InChI is InChI=1S/C57H93N13O18S/c1-85-54(81)40-32-50(77)67(36-40)26-14-60-46(73)6-18-64(19-7-47(74)61-15-27-68-37-41(33-51(68)78)55(82)86-2)24-12-58-44(71)10-22-66(30-31-89-5)23-11-45(72)59-13-25-65(20-8-48(75)62-16-28-69-38-42(34-52(69)79)56(83)87-3)21-9-49(76)63-17-29-70-39-43(35-53(70)80)57(84)88-4/h40-43H,6-39H2,1-5H3,(H,58,71)(H,59,72)(H,60,73)(H,61,74)(H,62,75)(H,63,76). The van der Waals surface area contributed by atoms with Crippen LogP contribution in [0.4, 0.5) is 0 Å². The Morgan fingerprint density at radius 2 is 0.573 bits per heavy atom. The van der Waals surface area contributed by atoms with E-state index in [-0.39, 0.29) is 241 Å². The van der Waals surface area contributed by atoms with E-state index in [1.807, 2.05) is 21.0 Å². The number of hydrogen-bond donors (Lipinski definition) is 6. The van der Waals surface area contributed by atoms with Gasteiger partial charge in [0.15, 0.2) is 0 Å². The SMILES string of the molecule is COC(=O)C1CC(=O)N(CCNC(=O)CCN(CCNC(=O)CCN(CCSC)CCC(=O)NCCN(CCC(=O)NCCN2CC(C(=O)OC)CC2=O)CCC(=O)NCCN2CC(C(=O)OC)CC2=O)CCC(=O)NCCN2CC(C(=O)OC)CC2=O)C1. The van der Waals surface area contributed by atoms with E-state index in [1.165, 1.54) is 48.0 Å². The van der Waals surface area contributed by atoms with Crippen LogP contribution in [0.3, 0.4) is 0 Å². The Kier molecular flexibility index (Phi) is 33.8. The van der Waals surface area contributed by atoms with Gasteiger partial charge in [0.1, 0.15) is 0 Å². The first-order valence-electron chi connectivity index (χ1n) is 30.4. The molecular weight excluding hydrogens is 1190 g/mol. The third-order valence-electron chi connectivity index (χ3n) is 15.9. The molecule has 6 N–H and O–H groups in total. The number of esters is 4. The van der Waals surface area contributed by atoms with Gasteiger partial charge in [0, 0.05) is 220 Å². The fraction of sp³-hybridized carbons (Fsp3) is 0.754. The molecule has 0 aromatic rings. The molecule has 4 atom stereocenters. The molecule has 0 bridgehead atoms. The highest BCUT2D eigenvalue weighted by atomic mass is 32.2. The number of ether oxygens (including phenoxy) is 4. The number of nitrogens with one attached hydrogen (secondary N) is 6. The highest BCUT2D eigenvalue weighted by Gasteiger charge is 2.38. The van der Waals surface area contributed by atoms with E-state index in [4.69, 9.17) is 18.9 Å². The zero-order valence-corrected chi connectivity index (χ0v) is 53.1. The highest BCUT2D eigenvalue weighted by Crippen LogP contribution is 2.21. The van der Waals surface area contributed by atoms with Gasteiger partial charge in [0.25, 0.3) is 0 Å². The summed E-state index contributed by atoms with van der Waals surface area (Å²) < 4.78 is 19.1. The lowest BCUT2D eigenvalue weighted by Crippen LogP contribution is -2.42. The fourth-order valence-electron chi connectivity index (χ4n) is 10.6. The predicted molar refractivity (Wildman–Crippen MR) is 320 cm³/mol. The minimum absolute atomic E-state index is 0.0419. The first-order chi connectivity index (χ1) is 42.7. The third-order valence-corrected chi connectivity index (χ3v) is 16.4. The lowest BCUT2D eigenvalue weighted by molar-refractivity contribution is -0.145. The number of amides is 10. The molecule has 4 aliphatic heterocycles. The van der Waals surface area contributed by atoms with Crippen molar-refractivity contribution in [2.45, 2.75) is 64.2 Å². The third kappa shape index (κ3) is 27.6. The first kappa shape index (κ1) is 74.3. The summed E-state index contributed by atoms with van der Waals surface area (Å²) in [6.45, 7) is 5.53. The average Bonchev–Trinajstić information content (AvgIpc) is 3.49. The summed E-state index contributed by atoms with van der Waals surface area (Å²) >= 11 is 1.61. The second-order valence-corrected chi connectivity index (χ2v) is 23.2. The lowest BCUT2D eigenvalue weighted by Gasteiger charge is -2.24. The van der Waals surface area contributed by atoms with Gasteiger partial charge in [-0.3, -0.25) is 67.1 Å². The Labute approximate surface area is 524 Å². The minimum atomic E-state index is -0.558. The molecule has 0 spiro atoms. The van der Waals surface area contributed by atoms with Gasteiger partial charge in [-0.25, -0.2) is 0 Å². The van der Waals surface area contributed by atoms with Crippen LogP contribution in [-0.2, 0) is 86.1 Å². The Hall–Kier alpha value is -7.19. The molecule has 10 amide bonds. The van der Waals surface area contributed by atoms with Crippen LogP contribution in [0.15, 0.2) is 0 Å². The summed E-state index contributed by atoms with van der Waals surface area (Å²) in [4.78, 5) is 188. The number of nitrogens with zero attached hydrogens (tertiary/aromatic N) is 7. The number of methoxy groups -OCH3 is 4. The highest BCUT2D eigenvalue weighted by molar-refractivity contribution is 7.98. The van der Waals surface area contributed by atoms with E-state index < -0.39 is 47.5 Å². The number of hydrogen-bond acceptors (Lipinski definition) is 22. The van der Waals surface area contributed by atoms with Gasteiger partial charge in [-0.1, -0.05) is 0 Å². The van der Waals surface area contributed by atoms with E-state index >= 15 is 0 Å². The van der Waals surface area contributed by atoms with Gasteiger partial charge >= 0.3 is 23.9 Å². The van der Waals surface area contributed by atoms with Crippen LogP contribution in [0.5, 0.6) is 0 Å². The fourth-order valence-corrected chi connectivity index (χ4v) is 11.0. The number of likely N-dealkylation sites (tertiary alicyclic amines) is 4. The van der Waals surface area contributed by atoms with Gasteiger partial charge in [-0.15, -0.1) is 0 Å². The minimum Gasteiger partial charge on any atom is -0.469 e. The average molecular weight is 1280 g/mol. The molecule has 4 aliphatic rings. The molecule has 32 heteroatoms. The van der Waals surface area contributed by atoms with Gasteiger partial charge < -0.3 is 85.1 Å². The van der Waals surface area contributed by atoms with Crippen LogP contribution in [0.25, 0.3) is 0 Å². The lowest BCUT2D eigenvalue weighted by atomic mass is 10.1. The molecule has 0 aromatic carbocycles. The summed E-state index contributed by atoms with van der Waals surface area (Å²) in [5.41, 5.74) is 0. The Morgan fingerprint density at radius 3 is 0.787 bits per heavy atom. The molecule has 31 nitrogen and oxygen atoms in total. The van der Waals surface area contributed by atoms with Crippen molar-refractivity contribution in [3.05, 3.63) is 0 Å². The predicted octanol–water partition coefficient (Wildman–Crippen LogP) is -4.62. The largest absolute Gasteiger partial charge is 0.469 e. The molecule has 4 heterocycles. The Morgan fingerprint density at radius 1 is 0.360 bits per heavy atom. The van der Waals surface area contributed by atoms with Crippen molar-refractivity contribution in [2.75, 3.05) is 191 Å². The molecule has 4 unspecified atom stereocenters. The maximum Gasteiger partial charge on any atom is 0.310 e. The summed E-state index contributed by atoms with van der Waals surface area (Å²) in [6, 6.07) is 0. The van der Waals surface area contributed by atoms with Crippen LogP contribution in [0.2, 0.25) is 0 Å². The van der Waals surface area contributed by atoms with Crippen LogP contribution >= 0.6 is 11.8 Å². The van der Waals surface area contributed by atoms with Crippen LogP contribution < -0.4 is 31.9 Å². The van der Waals surface area contributed by atoms with Gasteiger partial charge in [0.2, 0.25) is 59.1 Å².